The summed E-state index contributed by atoms with van der Waals surface area (Å²) in [6, 6.07) is 11.8. The number of aliphatic carboxylic acids is 1. The number of anilines is 1. The third kappa shape index (κ3) is 3.89. The van der Waals surface area contributed by atoms with E-state index >= 15 is 0 Å². The first-order chi connectivity index (χ1) is 12.0. The lowest BCUT2D eigenvalue weighted by Crippen LogP contribution is -2.40. The predicted octanol–water partition coefficient (Wildman–Crippen LogP) is 3.66. The van der Waals surface area contributed by atoms with Gasteiger partial charge in [0.15, 0.2) is 0 Å². The summed E-state index contributed by atoms with van der Waals surface area (Å²) in [5.74, 6) is -1.95. The molecule has 2 aromatic rings. The van der Waals surface area contributed by atoms with Crippen molar-refractivity contribution in [2.45, 2.75) is 24.9 Å². The maximum atomic E-state index is 12.7. The molecule has 2 atom stereocenters. The van der Waals surface area contributed by atoms with Crippen LogP contribution in [-0.4, -0.2) is 23.0 Å². The van der Waals surface area contributed by atoms with Crippen molar-refractivity contribution in [3.63, 3.8) is 0 Å². The van der Waals surface area contributed by atoms with Crippen molar-refractivity contribution < 1.29 is 14.7 Å². The number of carbonyl (C=O) groups excluding carboxylic acids is 1. The highest BCUT2D eigenvalue weighted by Crippen LogP contribution is 2.41. The molecule has 0 bridgehead atoms. The molecule has 7 heteroatoms. The van der Waals surface area contributed by atoms with Gasteiger partial charge in [0, 0.05) is 27.8 Å². The van der Waals surface area contributed by atoms with Gasteiger partial charge in [-0.25, -0.2) is 4.79 Å². The molecule has 3 N–H and O–H groups in total. The van der Waals surface area contributed by atoms with Gasteiger partial charge in [0.1, 0.15) is 6.04 Å². The fraction of sp³-hybridized carbons (Fsp3) is 0.222. The Bertz CT molecular complexity index is 811. The second kappa shape index (κ2) is 7.33. The van der Waals surface area contributed by atoms with Crippen LogP contribution in [0.3, 0.4) is 0 Å². The fourth-order valence-electron chi connectivity index (χ4n) is 2.97. The Morgan fingerprint density at radius 1 is 1.20 bits per heavy atom. The van der Waals surface area contributed by atoms with Crippen LogP contribution >= 0.6 is 23.2 Å². The van der Waals surface area contributed by atoms with Crippen LogP contribution in [0.5, 0.6) is 0 Å². The van der Waals surface area contributed by atoms with Crippen LogP contribution in [0.15, 0.2) is 42.5 Å². The molecular formula is C18H16Cl2N2O3. The number of carboxylic acid groups (broad SMARTS) is 1. The number of rotatable bonds is 4. The van der Waals surface area contributed by atoms with E-state index in [-0.39, 0.29) is 12.3 Å². The van der Waals surface area contributed by atoms with Crippen molar-refractivity contribution in [3.05, 3.63) is 63.6 Å². The van der Waals surface area contributed by atoms with E-state index in [2.05, 4.69) is 10.6 Å². The summed E-state index contributed by atoms with van der Waals surface area (Å²) in [4.78, 5) is 24.1. The summed E-state index contributed by atoms with van der Waals surface area (Å²) in [5, 5.41) is 15.8. The van der Waals surface area contributed by atoms with Gasteiger partial charge in [-0.2, -0.15) is 0 Å². The zero-order valence-corrected chi connectivity index (χ0v) is 14.6. The third-order valence-electron chi connectivity index (χ3n) is 4.17. The average Bonchev–Trinajstić information content (AvgIpc) is 2.59. The lowest BCUT2D eigenvalue weighted by atomic mass is 9.86. The highest BCUT2D eigenvalue weighted by atomic mass is 35.5. The first-order valence-electron chi connectivity index (χ1n) is 7.75. The number of halogens is 2. The molecular weight excluding hydrogens is 363 g/mol. The highest BCUT2D eigenvalue weighted by Gasteiger charge is 2.36. The molecule has 5 nitrogen and oxygen atoms in total. The third-order valence-corrected chi connectivity index (χ3v) is 4.70. The number of fused-ring (bicyclic) bond motifs is 1. The number of amides is 1. The Morgan fingerprint density at radius 3 is 2.60 bits per heavy atom. The topological polar surface area (TPSA) is 78.4 Å². The number of hydrogen-bond acceptors (Lipinski definition) is 3. The smallest absolute Gasteiger partial charge is 0.326 e. The van der Waals surface area contributed by atoms with E-state index in [1.165, 1.54) is 0 Å². The molecule has 1 aliphatic heterocycles. The lowest BCUT2D eigenvalue weighted by Gasteiger charge is -2.31. The van der Waals surface area contributed by atoms with Crippen molar-refractivity contribution >= 4 is 40.8 Å². The van der Waals surface area contributed by atoms with Gasteiger partial charge in [-0.05, 0) is 24.1 Å². The van der Waals surface area contributed by atoms with E-state index in [4.69, 9.17) is 23.2 Å². The largest absolute Gasteiger partial charge is 0.480 e. The zero-order valence-electron chi connectivity index (χ0n) is 13.1. The highest BCUT2D eigenvalue weighted by molar-refractivity contribution is 6.36. The Kier molecular flexibility index (Phi) is 5.16. The molecule has 1 aliphatic rings. The molecule has 0 unspecified atom stereocenters. The number of carboxylic acids is 1. The molecule has 0 fully saturated rings. The van der Waals surface area contributed by atoms with E-state index in [0.29, 0.717) is 27.8 Å². The lowest BCUT2D eigenvalue weighted by molar-refractivity contribution is -0.138. The summed E-state index contributed by atoms with van der Waals surface area (Å²) in [7, 11) is 0. The van der Waals surface area contributed by atoms with Crippen molar-refractivity contribution in [1.82, 2.24) is 5.32 Å². The second-order valence-electron chi connectivity index (χ2n) is 5.88. The van der Waals surface area contributed by atoms with E-state index < -0.39 is 17.9 Å². The molecule has 25 heavy (non-hydrogen) atoms. The van der Waals surface area contributed by atoms with Gasteiger partial charge in [0.05, 0.1) is 5.92 Å². The van der Waals surface area contributed by atoms with Gasteiger partial charge in [-0.3, -0.25) is 4.79 Å². The Labute approximate surface area is 154 Å². The number of carbonyl (C=O) groups is 2. The Balaban J connectivity index is 1.86. The van der Waals surface area contributed by atoms with Crippen LogP contribution < -0.4 is 10.6 Å². The van der Waals surface area contributed by atoms with Crippen molar-refractivity contribution in [2.75, 3.05) is 5.32 Å². The molecule has 0 spiro atoms. The molecule has 0 aromatic heterocycles. The van der Waals surface area contributed by atoms with Gasteiger partial charge >= 0.3 is 5.97 Å². The second-order valence-corrected chi connectivity index (χ2v) is 6.72. The minimum absolute atomic E-state index is 0.115. The first kappa shape index (κ1) is 17.6. The van der Waals surface area contributed by atoms with Crippen molar-refractivity contribution in [1.29, 1.82) is 0 Å². The SMILES string of the molecule is O=C(NCc1ccccc1)[C@H]1C[C@H](C(=O)O)Nc2cc(Cl)cc(Cl)c21. The summed E-state index contributed by atoms with van der Waals surface area (Å²) in [6.45, 7) is 0.363. The van der Waals surface area contributed by atoms with E-state index in [1.54, 1.807) is 12.1 Å². The predicted molar refractivity (Wildman–Crippen MR) is 97.2 cm³/mol. The van der Waals surface area contributed by atoms with Gasteiger partial charge in [0.2, 0.25) is 5.91 Å². The summed E-state index contributed by atoms with van der Waals surface area (Å²) in [5.41, 5.74) is 2.02. The fourth-order valence-corrected chi connectivity index (χ4v) is 3.59. The van der Waals surface area contributed by atoms with Crippen LogP contribution in [0.25, 0.3) is 0 Å². The van der Waals surface area contributed by atoms with Crippen molar-refractivity contribution in [2.24, 2.45) is 0 Å². The summed E-state index contributed by atoms with van der Waals surface area (Å²) < 4.78 is 0. The monoisotopic (exact) mass is 378 g/mol. The van der Waals surface area contributed by atoms with E-state index in [0.717, 1.165) is 5.56 Å². The molecule has 0 aliphatic carbocycles. The van der Waals surface area contributed by atoms with Crippen LogP contribution in [0.1, 0.15) is 23.5 Å². The first-order valence-corrected chi connectivity index (χ1v) is 8.51. The number of benzene rings is 2. The van der Waals surface area contributed by atoms with Crippen LogP contribution in [0.2, 0.25) is 10.0 Å². The maximum absolute atomic E-state index is 12.7. The standard InChI is InChI=1S/C18H16Cl2N2O3/c19-11-6-13(20)16-12(8-15(18(24)25)22-14(16)7-11)17(23)21-9-10-4-2-1-3-5-10/h1-7,12,15,22H,8-9H2,(H,21,23)(H,24,25)/t12-,15+/m0/s1. The Hall–Kier alpha value is -2.24. The molecule has 130 valence electrons. The van der Waals surface area contributed by atoms with Crippen LogP contribution in [0, 0.1) is 0 Å². The minimum Gasteiger partial charge on any atom is -0.480 e. The van der Waals surface area contributed by atoms with Gasteiger partial charge in [0.25, 0.3) is 0 Å². The van der Waals surface area contributed by atoms with Gasteiger partial charge < -0.3 is 15.7 Å². The van der Waals surface area contributed by atoms with E-state index in [9.17, 15) is 14.7 Å². The molecule has 2 aromatic carbocycles. The van der Waals surface area contributed by atoms with Crippen molar-refractivity contribution in [3.8, 4) is 0 Å². The normalized spacial score (nSPS) is 18.8. The zero-order chi connectivity index (χ0) is 18.0. The quantitative estimate of drug-likeness (QED) is 0.758. The van der Waals surface area contributed by atoms with E-state index in [1.807, 2.05) is 30.3 Å². The molecule has 1 amide bonds. The molecule has 0 saturated carbocycles. The van der Waals surface area contributed by atoms with Gasteiger partial charge in [-0.1, -0.05) is 53.5 Å². The number of nitrogens with one attached hydrogen (secondary N) is 2. The molecule has 3 rings (SSSR count). The Morgan fingerprint density at radius 2 is 1.92 bits per heavy atom. The maximum Gasteiger partial charge on any atom is 0.326 e. The summed E-state index contributed by atoms with van der Waals surface area (Å²) >= 11 is 12.3. The van der Waals surface area contributed by atoms with Crippen LogP contribution in [-0.2, 0) is 16.1 Å². The van der Waals surface area contributed by atoms with Crippen LogP contribution in [0.4, 0.5) is 5.69 Å². The molecule has 1 heterocycles. The molecule has 0 radical (unpaired) electrons. The average molecular weight is 379 g/mol. The minimum atomic E-state index is -1.03. The summed E-state index contributed by atoms with van der Waals surface area (Å²) in [6.07, 6.45) is 0.115. The van der Waals surface area contributed by atoms with Gasteiger partial charge in [-0.15, -0.1) is 0 Å². The molecule has 0 saturated heterocycles. The number of hydrogen-bond donors (Lipinski definition) is 3.